The summed E-state index contributed by atoms with van der Waals surface area (Å²) < 4.78 is 11.6. The zero-order valence-corrected chi connectivity index (χ0v) is 13.2. The molecule has 0 amide bonds. The molecule has 2 aliphatic rings. The molecule has 0 spiro atoms. The summed E-state index contributed by atoms with van der Waals surface area (Å²) in [7, 11) is 0. The number of rotatable bonds is 3. The fourth-order valence-electron chi connectivity index (χ4n) is 3.28. The molecule has 0 radical (unpaired) electrons. The molecule has 2 heterocycles. The highest BCUT2D eigenvalue weighted by molar-refractivity contribution is 9.09. The molecule has 104 valence electrons. The minimum Gasteiger partial charge on any atom is -0.490 e. The lowest BCUT2D eigenvalue weighted by Crippen LogP contribution is -2.19. The topological polar surface area (TPSA) is 18.5 Å². The van der Waals surface area contributed by atoms with Gasteiger partial charge in [-0.15, -0.1) is 0 Å². The van der Waals surface area contributed by atoms with Crippen LogP contribution in [-0.4, -0.2) is 18.8 Å². The third-order valence-corrected chi connectivity index (χ3v) is 5.49. The molecular weight excluding hydrogens is 304 g/mol. The summed E-state index contributed by atoms with van der Waals surface area (Å²) in [6, 6.07) is 6.63. The summed E-state index contributed by atoms with van der Waals surface area (Å²) in [6.45, 7) is 5.24. The Hall–Kier alpha value is -0.540. The molecule has 0 N–H and O–H groups in total. The van der Waals surface area contributed by atoms with E-state index >= 15 is 0 Å². The Balaban J connectivity index is 1.81. The standard InChI is InChI=1S/C16H21BrO2/c1-3-14-13(6-7-18-14)16(17)11-4-5-15-12(9-11)8-10(2)19-15/h4-5,9-10,13-14,16H,3,6-8H2,1-2H3. The maximum Gasteiger partial charge on any atom is 0.123 e. The molecule has 3 heteroatoms. The summed E-state index contributed by atoms with van der Waals surface area (Å²) in [4.78, 5) is 0.390. The summed E-state index contributed by atoms with van der Waals surface area (Å²) in [6.07, 6.45) is 3.99. The van der Waals surface area contributed by atoms with Gasteiger partial charge in [0.25, 0.3) is 0 Å². The van der Waals surface area contributed by atoms with E-state index < -0.39 is 0 Å². The zero-order valence-electron chi connectivity index (χ0n) is 11.6. The third-order valence-electron chi connectivity index (χ3n) is 4.28. The lowest BCUT2D eigenvalue weighted by Gasteiger charge is -2.23. The Labute approximate surface area is 123 Å². The molecule has 1 fully saturated rings. The van der Waals surface area contributed by atoms with Crippen LogP contribution in [0.4, 0.5) is 0 Å². The van der Waals surface area contributed by atoms with Gasteiger partial charge in [-0.05, 0) is 37.0 Å². The fourth-order valence-corrected chi connectivity index (χ4v) is 4.17. The van der Waals surface area contributed by atoms with E-state index in [1.165, 1.54) is 11.1 Å². The van der Waals surface area contributed by atoms with Gasteiger partial charge in [0.05, 0.1) is 6.10 Å². The Bertz CT molecular complexity index is 460. The number of halogens is 1. The second kappa shape index (κ2) is 5.45. The van der Waals surface area contributed by atoms with Gasteiger partial charge in [0.2, 0.25) is 0 Å². The predicted molar refractivity (Wildman–Crippen MR) is 80.0 cm³/mol. The highest BCUT2D eigenvalue weighted by Crippen LogP contribution is 2.42. The fraction of sp³-hybridized carbons (Fsp3) is 0.625. The van der Waals surface area contributed by atoms with Crippen molar-refractivity contribution < 1.29 is 9.47 Å². The van der Waals surface area contributed by atoms with E-state index in [1.54, 1.807) is 0 Å². The van der Waals surface area contributed by atoms with Crippen molar-refractivity contribution in [1.82, 2.24) is 0 Å². The Morgan fingerprint density at radius 3 is 3.05 bits per heavy atom. The molecule has 3 rings (SSSR count). The molecule has 4 unspecified atom stereocenters. The minimum atomic E-state index is 0.317. The van der Waals surface area contributed by atoms with Gasteiger partial charge >= 0.3 is 0 Å². The van der Waals surface area contributed by atoms with Gasteiger partial charge in [0.15, 0.2) is 0 Å². The summed E-state index contributed by atoms with van der Waals surface area (Å²) in [5, 5.41) is 0. The molecule has 1 aromatic rings. The van der Waals surface area contributed by atoms with Crippen molar-refractivity contribution in [2.45, 2.75) is 50.1 Å². The second-order valence-corrected chi connectivity index (χ2v) is 6.66. The van der Waals surface area contributed by atoms with Gasteiger partial charge < -0.3 is 9.47 Å². The molecular formula is C16H21BrO2. The quantitative estimate of drug-likeness (QED) is 0.773. The van der Waals surface area contributed by atoms with Crippen LogP contribution in [0, 0.1) is 5.92 Å². The van der Waals surface area contributed by atoms with Crippen molar-refractivity contribution in [1.29, 1.82) is 0 Å². The minimum absolute atomic E-state index is 0.317. The summed E-state index contributed by atoms with van der Waals surface area (Å²) in [5.41, 5.74) is 2.71. The molecule has 0 aliphatic carbocycles. The van der Waals surface area contributed by atoms with Crippen molar-refractivity contribution in [3.05, 3.63) is 29.3 Å². The van der Waals surface area contributed by atoms with Crippen LogP contribution in [0.2, 0.25) is 0 Å². The smallest absolute Gasteiger partial charge is 0.123 e. The summed E-state index contributed by atoms with van der Waals surface area (Å²) in [5.74, 6) is 1.65. The molecule has 0 saturated carbocycles. The monoisotopic (exact) mass is 324 g/mol. The average Bonchev–Trinajstić information content (AvgIpc) is 3.01. The first-order valence-corrected chi connectivity index (χ1v) is 8.15. The van der Waals surface area contributed by atoms with E-state index in [4.69, 9.17) is 9.47 Å². The van der Waals surface area contributed by atoms with Crippen LogP contribution in [-0.2, 0) is 11.2 Å². The predicted octanol–water partition coefficient (Wildman–Crippen LogP) is 4.26. The number of ether oxygens (including phenoxy) is 2. The van der Waals surface area contributed by atoms with E-state index in [2.05, 4.69) is 48.0 Å². The molecule has 1 saturated heterocycles. The first-order valence-electron chi connectivity index (χ1n) is 7.24. The molecule has 2 nitrogen and oxygen atoms in total. The van der Waals surface area contributed by atoms with Crippen LogP contribution in [0.25, 0.3) is 0 Å². The third kappa shape index (κ3) is 2.55. The summed E-state index contributed by atoms with van der Waals surface area (Å²) >= 11 is 3.90. The largest absolute Gasteiger partial charge is 0.490 e. The average molecular weight is 325 g/mol. The Kier molecular flexibility index (Phi) is 3.86. The SMILES string of the molecule is CCC1OCCC1C(Br)c1ccc2c(c1)CC(C)O2. The molecule has 1 aromatic carbocycles. The van der Waals surface area contributed by atoms with Crippen molar-refractivity contribution in [2.24, 2.45) is 5.92 Å². The van der Waals surface area contributed by atoms with E-state index in [-0.39, 0.29) is 0 Å². The van der Waals surface area contributed by atoms with E-state index in [0.29, 0.717) is 23.0 Å². The van der Waals surface area contributed by atoms with Crippen LogP contribution in [0.15, 0.2) is 18.2 Å². The maximum absolute atomic E-state index is 5.81. The van der Waals surface area contributed by atoms with Gasteiger partial charge in [-0.2, -0.15) is 0 Å². The first kappa shape index (κ1) is 13.4. The normalized spacial score (nSPS) is 31.0. The molecule has 19 heavy (non-hydrogen) atoms. The molecule has 0 bridgehead atoms. The zero-order chi connectivity index (χ0) is 13.4. The van der Waals surface area contributed by atoms with Crippen LogP contribution < -0.4 is 4.74 Å². The van der Waals surface area contributed by atoms with E-state index in [0.717, 1.165) is 31.6 Å². The van der Waals surface area contributed by atoms with Crippen LogP contribution >= 0.6 is 15.9 Å². The van der Waals surface area contributed by atoms with Crippen molar-refractivity contribution >= 4 is 15.9 Å². The number of fused-ring (bicyclic) bond motifs is 1. The number of alkyl halides is 1. The lowest BCUT2D eigenvalue weighted by molar-refractivity contribution is 0.0873. The maximum atomic E-state index is 5.81. The van der Waals surface area contributed by atoms with Gasteiger partial charge in [-0.3, -0.25) is 0 Å². The van der Waals surface area contributed by atoms with Gasteiger partial charge in [0, 0.05) is 23.8 Å². The van der Waals surface area contributed by atoms with Crippen molar-refractivity contribution in [3.8, 4) is 5.75 Å². The Morgan fingerprint density at radius 2 is 2.26 bits per heavy atom. The Morgan fingerprint density at radius 1 is 1.42 bits per heavy atom. The lowest BCUT2D eigenvalue weighted by atomic mass is 9.91. The first-order chi connectivity index (χ1) is 9.19. The van der Waals surface area contributed by atoms with Crippen LogP contribution in [0.3, 0.4) is 0 Å². The number of hydrogen-bond acceptors (Lipinski definition) is 2. The molecule has 0 aromatic heterocycles. The number of hydrogen-bond donors (Lipinski definition) is 0. The van der Waals surface area contributed by atoms with E-state index in [9.17, 15) is 0 Å². The molecule has 4 atom stereocenters. The highest BCUT2D eigenvalue weighted by atomic mass is 79.9. The van der Waals surface area contributed by atoms with Crippen LogP contribution in [0.5, 0.6) is 5.75 Å². The van der Waals surface area contributed by atoms with Crippen molar-refractivity contribution in [3.63, 3.8) is 0 Å². The second-order valence-electron chi connectivity index (χ2n) is 5.67. The van der Waals surface area contributed by atoms with Crippen LogP contribution in [0.1, 0.15) is 42.6 Å². The number of benzene rings is 1. The molecule has 2 aliphatic heterocycles. The van der Waals surface area contributed by atoms with Gasteiger partial charge in [0.1, 0.15) is 11.9 Å². The van der Waals surface area contributed by atoms with Gasteiger partial charge in [-0.1, -0.05) is 35.0 Å². The highest BCUT2D eigenvalue weighted by Gasteiger charge is 2.33. The van der Waals surface area contributed by atoms with Gasteiger partial charge in [-0.25, -0.2) is 0 Å². The van der Waals surface area contributed by atoms with E-state index in [1.807, 2.05) is 0 Å². The van der Waals surface area contributed by atoms with Crippen molar-refractivity contribution in [2.75, 3.05) is 6.61 Å².